The van der Waals surface area contributed by atoms with Gasteiger partial charge < -0.3 is 14.9 Å². The summed E-state index contributed by atoms with van der Waals surface area (Å²) in [7, 11) is 3.76. The molecule has 0 radical (unpaired) electrons. The second-order valence-electron chi connectivity index (χ2n) is 4.95. The van der Waals surface area contributed by atoms with Crippen LogP contribution in [0, 0.1) is 0 Å². The maximum atomic E-state index is 8.96. The summed E-state index contributed by atoms with van der Waals surface area (Å²) >= 11 is 5.97. The van der Waals surface area contributed by atoms with Gasteiger partial charge in [-0.2, -0.15) is 15.0 Å². The monoisotopic (exact) mass is 285 g/mol. The summed E-state index contributed by atoms with van der Waals surface area (Å²) in [6.45, 7) is 1.16. The van der Waals surface area contributed by atoms with Gasteiger partial charge >= 0.3 is 0 Å². The molecule has 0 saturated carbocycles. The number of aliphatic hydroxyl groups is 1. The molecule has 1 aromatic heterocycles. The van der Waals surface area contributed by atoms with Crippen molar-refractivity contribution in [1.82, 2.24) is 15.0 Å². The van der Waals surface area contributed by atoms with E-state index in [0.717, 1.165) is 32.2 Å². The van der Waals surface area contributed by atoms with E-state index in [2.05, 4.69) is 19.9 Å². The number of aliphatic hydroxyl groups excluding tert-OH is 1. The van der Waals surface area contributed by atoms with Crippen LogP contribution in [-0.2, 0) is 0 Å². The van der Waals surface area contributed by atoms with E-state index in [1.807, 2.05) is 19.0 Å². The molecule has 106 valence electrons. The quantitative estimate of drug-likeness (QED) is 0.880. The van der Waals surface area contributed by atoms with E-state index < -0.39 is 0 Å². The predicted octanol–water partition coefficient (Wildman–Crippen LogP) is 1.33. The van der Waals surface area contributed by atoms with Gasteiger partial charge in [0.2, 0.25) is 17.2 Å². The van der Waals surface area contributed by atoms with Crippen LogP contribution >= 0.6 is 11.6 Å². The summed E-state index contributed by atoms with van der Waals surface area (Å²) in [5.74, 6) is 1.21. The highest BCUT2D eigenvalue weighted by Gasteiger charge is 2.27. The van der Waals surface area contributed by atoms with Crippen molar-refractivity contribution in [2.75, 3.05) is 37.0 Å². The highest BCUT2D eigenvalue weighted by Crippen LogP contribution is 2.26. The van der Waals surface area contributed by atoms with Crippen LogP contribution < -0.4 is 9.80 Å². The number of rotatable bonds is 5. The van der Waals surface area contributed by atoms with Crippen molar-refractivity contribution in [3.05, 3.63) is 5.28 Å². The summed E-state index contributed by atoms with van der Waals surface area (Å²) in [5, 5.41) is 9.18. The molecule has 1 N–H and O–H groups in total. The lowest BCUT2D eigenvalue weighted by atomic mass is 10.1. The number of halogens is 1. The Kier molecular flexibility index (Phi) is 4.76. The second-order valence-corrected chi connectivity index (χ2v) is 5.29. The van der Waals surface area contributed by atoms with Crippen LogP contribution in [-0.4, -0.2) is 53.3 Å². The average Bonchev–Trinajstić information content (AvgIpc) is 2.83. The van der Waals surface area contributed by atoms with Crippen molar-refractivity contribution in [3.8, 4) is 0 Å². The smallest absolute Gasteiger partial charge is 0.231 e. The lowest BCUT2D eigenvalue weighted by Gasteiger charge is -2.25. The normalized spacial score (nSPS) is 18.9. The van der Waals surface area contributed by atoms with Crippen molar-refractivity contribution >= 4 is 23.5 Å². The Bertz CT molecular complexity index is 429. The van der Waals surface area contributed by atoms with E-state index in [1.165, 1.54) is 0 Å². The van der Waals surface area contributed by atoms with Gasteiger partial charge in [-0.05, 0) is 37.3 Å². The third-order valence-electron chi connectivity index (χ3n) is 3.31. The van der Waals surface area contributed by atoms with E-state index in [4.69, 9.17) is 16.7 Å². The number of hydrogen-bond acceptors (Lipinski definition) is 6. The fourth-order valence-electron chi connectivity index (χ4n) is 2.38. The van der Waals surface area contributed by atoms with E-state index in [0.29, 0.717) is 17.9 Å². The molecule has 1 fully saturated rings. The molecule has 0 spiro atoms. The first-order valence-electron chi connectivity index (χ1n) is 6.58. The number of hydrogen-bond donors (Lipinski definition) is 1. The fraction of sp³-hybridized carbons (Fsp3) is 0.750. The molecular weight excluding hydrogens is 266 g/mol. The average molecular weight is 286 g/mol. The molecule has 1 aliphatic rings. The SMILES string of the molecule is CN(C)c1nc(Cl)nc(N2CCCC2CCCO)n1. The molecule has 2 heterocycles. The van der Waals surface area contributed by atoms with E-state index in [1.54, 1.807) is 0 Å². The summed E-state index contributed by atoms with van der Waals surface area (Å²) in [6, 6.07) is 0.389. The standard InChI is InChI=1S/C12H20ClN5O/c1-17(2)11-14-10(13)15-12(16-11)18-7-3-5-9(18)6-4-8-19/h9,19H,3-8H2,1-2H3. The molecule has 19 heavy (non-hydrogen) atoms. The van der Waals surface area contributed by atoms with Crippen molar-refractivity contribution in [2.45, 2.75) is 31.7 Å². The highest BCUT2D eigenvalue weighted by atomic mass is 35.5. The van der Waals surface area contributed by atoms with Crippen molar-refractivity contribution in [3.63, 3.8) is 0 Å². The molecule has 1 atom stereocenters. The lowest BCUT2D eigenvalue weighted by Crippen LogP contribution is -2.31. The number of anilines is 2. The third kappa shape index (κ3) is 3.45. The van der Waals surface area contributed by atoms with Crippen LogP contribution in [0.2, 0.25) is 5.28 Å². The first-order chi connectivity index (χ1) is 9.11. The predicted molar refractivity (Wildman–Crippen MR) is 75.9 cm³/mol. The molecule has 6 nitrogen and oxygen atoms in total. The van der Waals surface area contributed by atoms with Gasteiger partial charge in [0, 0.05) is 33.3 Å². The fourth-order valence-corrected chi connectivity index (χ4v) is 2.54. The Morgan fingerprint density at radius 3 is 2.84 bits per heavy atom. The van der Waals surface area contributed by atoms with E-state index in [9.17, 15) is 0 Å². The van der Waals surface area contributed by atoms with Crippen LogP contribution in [0.25, 0.3) is 0 Å². The summed E-state index contributed by atoms with van der Waals surface area (Å²) in [6.07, 6.45) is 3.99. The van der Waals surface area contributed by atoms with Gasteiger partial charge in [0.05, 0.1) is 0 Å². The lowest BCUT2D eigenvalue weighted by molar-refractivity contribution is 0.279. The first-order valence-corrected chi connectivity index (χ1v) is 6.96. The highest BCUT2D eigenvalue weighted by molar-refractivity contribution is 6.28. The maximum Gasteiger partial charge on any atom is 0.231 e. The Hall–Kier alpha value is -1.14. The molecule has 7 heteroatoms. The maximum absolute atomic E-state index is 8.96. The van der Waals surface area contributed by atoms with Crippen LogP contribution in [0.1, 0.15) is 25.7 Å². The molecule has 1 aliphatic heterocycles. The molecule has 0 aliphatic carbocycles. The molecule has 1 saturated heterocycles. The van der Waals surface area contributed by atoms with Gasteiger partial charge in [0.1, 0.15) is 0 Å². The van der Waals surface area contributed by atoms with Crippen LogP contribution in [0.5, 0.6) is 0 Å². The van der Waals surface area contributed by atoms with Crippen LogP contribution in [0.4, 0.5) is 11.9 Å². The summed E-state index contributed by atoms with van der Waals surface area (Å²) in [5.41, 5.74) is 0. The zero-order valence-corrected chi connectivity index (χ0v) is 12.1. The van der Waals surface area contributed by atoms with Gasteiger partial charge in [0.25, 0.3) is 0 Å². The first kappa shape index (κ1) is 14.3. The van der Waals surface area contributed by atoms with Crippen LogP contribution in [0.3, 0.4) is 0 Å². The third-order valence-corrected chi connectivity index (χ3v) is 3.48. The van der Waals surface area contributed by atoms with Crippen molar-refractivity contribution < 1.29 is 5.11 Å². The molecular formula is C12H20ClN5O. The van der Waals surface area contributed by atoms with Gasteiger partial charge in [-0.3, -0.25) is 0 Å². The zero-order chi connectivity index (χ0) is 13.8. The van der Waals surface area contributed by atoms with Gasteiger partial charge in [-0.1, -0.05) is 0 Å². The number of aromatic nitrogens is 3. The molecule has 1 aromatic rings. The second kappa shape index (κ2) is 6.34. The Morgan fingerprint density at radius 2 is 2.16 bits per heavy atom. The number of nitrogens with zero attached hydrogens (tertiary/aromatic N) is 5. The van der Waals surface area contributed by atoms with Crippen molar-refractivity contribution in [2.24, 2.45) is 0 Å². The summed E-state index contributed by atoms with van der Waals surface area (Å²) < 4.78 is 0. The molecule has 0 amide bonds. The Labute approximate surface area is 118 Å². The largest absolute Gasteiger partial charge is 0.396 e. The molecule has 0 aromatic carbocycles. The minimum absolute atomic E-state index is 0.224. The zero-order valence-electron chi connectivity index (χ0n) is 11.4. The minimum Gasteiger partial charge on any atom is -0.396 e. The van der Waals surface area contributed by atoms with E-state index in [-0.39, 0.29) is 11.9 Å². The molecule has 1 unspecified atom stereocenters. The van der Waals surface area contributed by atoms with Crippen LogP contribution in [0.15, 0.2) is 0 Å². The Balaban J connectivity index is 2.20. The molecule has 2 rings (SSSR count). The minimum atomic E-state index is 0.224. The topological polar surface area (TPSA) is 65.4 Å². The van der Waals surface area contributed by atoms with E-state index >= 15 is 0 Å². The van der Waals surface area contributed by atoms with Crippen molar-refractivity contribution in [1.29, 1.82) is 0 Å². The molecule has 0 bridgehead atoms. The van der Waals surface area contributed by atoms with Gasteiger partial charge in [0.15, 0.2) is 0 Å². The van der Waals surface area contributed by atoms with Gasteiger partial charge in [-0.15, -0.1) is 0 Å². The van der Waals surface area contributed by atoms with Gasteiger partial charge in [-0.25, -0.2) is 0 Å². The summed E-state index contributed by atoms with van der Waals surface area (Å²) in [4.78, 5) is 16.8. The Morgan fingerprint density at radius 1 is 1.37 bits per heavy atom.